The number of carbonyl (C=O) groups excluding carboxylic acids is 2. The Morgan fingerprint density at radius 3 is 1.95 bits per heavy atom. The van der Waals surface area contributed by atoms with Crippen molar-refractivity contribution in [1.82, 2.24) is 0 Å². The fourth-order valence-corrected chi connectivity index (χ4v) is 0.929. The number of hydrogen-bond donors (Lipinski definition) is 6. The number of hydrogen-bond acceptors (Lipinski definition) is 9. The van der Waals surface area contributed by atoms with Crippen molar-refractivity contribution in [3.63, 3.8) is 0 Å². The first-order valence-electron chi connectivity index (χ1n) is 5.78. The fraction of sp³-hybridized carbons (Fsp3) is 0.727. The number of aldehydes is 1. The predicted octanol–water partition coefficient (Wildman–Crippen LogP) is -3.35. The highest BCUT2D eigenvalue weighted by Crippen LogP contribution is 2.02. The first kappa shape index (κ1) is 21.7. The van der Waals surface area contributed by atoms with E-state index in [1.165, 1.54) is 7.11 Å². The fourth-order valence-electron chi connectivity index (χ4n) is 0.929. The summed E-state index contributed by atoms with van der Waals surface area (Å²) in [5, 5.41) is 51.6. The SMILES string of the molecule is COC(=O)CCC(=O)O.O=CC(O)C(O)C(O)C(O)CO. The Labute approximate surface area is 120 Å². The third kappa shape index (κ3) is 10.8. The maximum Gasteiger partial charge on any atom is 0.306 e. The van der Waals surface area contributed by atoms with Crippen molar-refractivity contribution in [1.29, 1.82) is 0 Å². The Morgan fingerprint density at radius 1 is 1.10 bits per heavy atom. The first-order valence-corrected chi connectivity index (χ1v) is 5.78. The summed E-state index contributed by atoms with van der Waals surface area (Å²) in [5.41, 5.74) is 0. The number of rotatable bonds is 8. The zero-order chi connectivity index (χ0) is 17.0. The van der Waals surface area contributed by atoms with Gasteiger partial charge in [-0.25, -0.2) is 0 Å². The van der Waals surface area contributed by atoms with Crippen LogP contribution in [0, 0.1) is 0 Å². The van der Waals surface area contributed by atoms with E-state index in [0.717, 1.165) is 0 Å². The number of carboxylic acids is 1. The van der Waals surface area contributed by atoms with Gasteiger partial charge in [-0.15, -0.1) is 0 Å². The van der Waals surface area contributed by atoms with Gasteiger partial charge in [0.05, 0.1) is 26.6 Å². The van der Waals surface area contributed by atoms with Gasteiger partial charge < -0.3 is 40.2 Å². The Bertz CT molecular complexity index is 318. The molecule has 0 bridgehead atoms. The number of carbonyl (C=O) groups is 3. The van der Waals surface area contributed by atoms with E-state index in [1.807, 2.05) is 0 Å². The van der Waals surface area contributed by atoms with Crippen molar-refractivity contribution in [2.75, 3.05) is 13.7 Å². The van der Waals surface area contributed by atoms with E-state index in [1.54, 1.807) is 0 Å². The number of ether oxygens (including phenoxy) is 1. The van der Waals surface area contributed by atoms with Crippen LogP contribution >= 0.6 is 0 Å². The molecule has 0 amide bonds. The molecular formula is C11H20O10. The van der Waals surface area contributed by atoms with E-state index in [2.05, 4.69) is 4.74 Å². The van der Waals surface area contributed by atoms with E-state index in [9.17, 15) is 14.4 Å². The summed E-state index contributed by atoms with van der Waals surface area (Å²) in [4.78, 5) is 29.9. The lowest BCUT2D eigenvalue weighted by molar-refractivity contribution is -0.145. The minimum Gasteiger partial charge on any atom is -0.481 e. The summed E-state index contributed by atoms with van der Waals surface area (Å²) in [5.74, 6) is -1.47. The minimum atomic E-state index is -1.79. The average Bonchev–Trinajstić information content (AvgIpc) is 2.49. The molecule has 0 aliphatic heterocycles. The molecule has 0 aromatic heterocycles. The second kappa shape index (κ2) is 12.2. The van der Waals surface area contributed by atoms with Crippen LogP contribution in [0.25, 0.3) is 0 Å². The molecule has 0 rings (SSSR count). The van der Waals surface area contributed by atoms with E-state index in [4.69, 9.17) is 30.6 Å². The normalized spacial score (nSPS) is 15.7. The molecule has 0 spiro atoms. The van der Waals surface area contributed by atoms with E-state index < -0.39 is 43.0 Å². The lowest BCUT2D eigenvalue weighted by Crippen LogP contribution is -2.46. The Morgan fingerprint density at radius 2 is 1.62 bits per heavy atom. The lowest BCUT2D eigenvalue weighted by Gasteiger charge is -2.22. The Hall–Kier alpha value is -1.59. The smallest absolute Gasteiger partial charge is 0.306 e. The zero-order valence-electron chi connectivity index (χ0n) is 11.3. The molecule has 0 aromatic carbocycles. The second-order valence-corrected chi connectivity index (χ2v) is 3.83. The van der Waals surface area contributed by atoms with Crippen LogP contribution in [0.4, 0.5) is 0 Å². The largest absolute Gasteiger partial charge is 0.481 e. The lowest BCUT2D eigenvalue weighted by atomic mass is 10.0. The maximum atomic E-state index is 10.2. The van der Waals surface area contributed by atoms with E-state index in [0.29, 0.717) is 0 Å². The standard InChI is InChI=1S/C6H12O6.C5H8O4/c7-1-3(9)5(11)6(12)4(10)2-8;1-9-5(8)3-2-4(6)7/h1,3-6,8-12H,2H2;2-3H2,1H3,(H,6,7). The van der Waals surface area contributed by atoms with Crippen molar-refractivity contribution in [2.24, 2.45) is 0 Å². The second-order valence-electron chi connectivity index (χ2n) is 3.83. The van der Waals surface area contributed by atoms with Gasteiger partial charge in [-0.05, 0) is 0 Å². The molecule has 21 heavy (non-hydrogen) atoms. The molecule has 6 N–H and O–H groups in total. The maximum absolute atomic E-state index is 10.2. The Kier molecular flexibility index (Phi) is 12.6. The van der Waals surface area contributed by atoms with Crippen LogP contribution in [0.15, 0.2) is 0 Å². The van der Waals surface area contributed by atoms with E-state index >= 15 is 0 Å². The molecule has 4 atom stereocenters. The van der Waals surface area contributed by atoms with Gasteiger partial charge in [0, 0.05) is 0 Å². The van der Waals surface area contributed by atoms with Crippen LogP contribution in [0.5, 0.6) is 0 Å². The monoisotopic (exact) mass is 312 g/mol. The molecule has 0 saturated carbocycles. The van der Waals surface area contributed by atoms with Crippen molar-refractivity contribution < 1.29 is 49.8 Å². The highest BCUT2D eigenvalue weighted by Gasteiger charge is 2.29. The van der Waals surface area contributed by atoms with Crippen LogP contribution in [0.2, 0.25) is 0 Å². The highest BCUT2D eigenvalue weighted by molar-refractivity contribution is 5.76. The Balaban J connectivity index is 0. The van der Waals surface area contributed by atoms with Crippen molar-refractivity contribution in [3.8, 4) is 0 Å². The van der Waals surface area contributed by atoms with Gasteiger partial charge in [0.1, 0.15) is 24.4 Å². The number of aliphatic hydroxyl groups is 5. The molecule has 0 aliphatic carbocycles. The molecule has 10 heteroatoms. The van der Waals surface area contributed by atoms with Gasteiger partial charge in [0.2, 0.25) is 0 Å². The quantitative estimate of drug-likeness (QED) is 0.195. The minimum absolute atomic E-state index is 0.0258. The zero-order valence-corrected chi connectivity index (χ0v) is 11.3. The number of carboxylic acid groups (broad SMARTS) is 1. The van der Waals surface area contributed by atoms with Crippen molar-refractivity contribution >= 4 is 18.2 Å². The van der Waals surface area contributed by atoms with Gasteiger partial charge in [0.15, 0.2) is 6.29 Å². The van der Waals surface area contributed by atoms with Crippen molar-refractivity contribution in [2.45, 2.75) is 37.3 Å². The number of esters is 1. The predicted molar refractivity (Wildman–Crippen MR) is 66.1 cm³/mol. The van der Waals surface area contributed by atoms with Crippen LogP contribution < -0.4 is 0 Å². The number of methoxy groups -OCH3 is 1. The first-order chi connectivity index (χ1) is 9.70. The van der Waals surface area contributed by atoms with Crippen LogP contribution in [-0.4, -0.2) is 87.0 Å². The summed E-state index contributed by atoms with van der Waals surface area (Å²) in [6.07, 6.45) is -7.05. The van der Waals surface area contributed by atoms with Gasteiger partial charge in [0.25, 0.3) is 0 Å². The van der Waals surface area contributed by atoms with Gasteiger partial charge >= 0.3 is 11.9 Å². The van der Waals surface area contributed by atoms with E-state index in [-0.39, 0.29) is 19.1 Å². The number of aliphatic hydroxyl groups excluding tert-OH is 5. The molecule has 10 nitrogen and oxygen atoms in total. The van der Waals surface area contributed by atoms with Gasteiger partial charge in [-0.2, -0.15) is 0 Å². The summed E-state index contributed by atoms with van der Waals surface area (Å²) < 4.78 is 4.20. The molecule has 124 valence electrons. The van der Waals surface area contributed by atoms with Gasteiger partial charge in [-0.1, -0.05) is 0 Å². The summed E-state index contributed by atoms with van der Waals surface area (Å²) in [6.45, 7) is -0.760. The van der Waals surface area contributed by atoms with Crippen LogP contribution in [0.3, 0.4) is 0 Å². The summed E-state index contributed by atoms with van der Waals surface area (Å²) >= 11 is 0. The van der Waals surface area contributed by atoms with Crippen LogP contribution in [-0.2, 0) is 19.1 Å². The van der Waals surface area contributed by atoms with Crippen LogP contribution in [0.1, 0.15) is 12.8 Å². The third-order valence-corrected chi connectivity index (χ3v) is 2.19. The molecule has 0 radical (unpaired) electrons. The van der Waals surface area contributed by atoms with Crippen molar-refractivity contribution in [3.05, 3.63) is 0 Å². The molecule has 0 fully saturated rings. The number of aliphatic carboxylic acids is 1. The average molecular weight is 312 g/mol. The molecule has 0 aliphatic rings. The third-order valence-electron chi connectivity index (χ3n) is 2.19. The molecule has 0 saturated heterocycles. The molecular weight excluding hydrogens is 292 g/mol. The molecule has 0 aromatic rings. The highest BCUT2D eigenvalue weighted by atomic mass is 16.5. The van der Waals surface area contributed by atoms with Gasteiger partial charge in [-0.3, -0.25) is 9.59 Å². The topological polar surface area (TPSA) is 182 Å². The molecule has 0 heterocycles. The molecule has 4 unspecified atom stereocenters. The summed E-state index contributed by atoms with van der Waals surface area (Å²) in [6, 6.07) is 0. The summed E-state index contributed by atoms with van der Waals surface area (Å²) in [7, 11) is 1.23.